The van der Waals surface area contributed by atoms with Crippen LogP contribution < -0.4 is 5.56 Å². The minimum absolute atomic E-state index is 0.112. The van der Waals surface area contributed by atoms with Crippen LogP contribution in [0.15, 0.2) is 59.4 Å². The van der Waals surface area contributed by atoms with Gasteiger partial charge in [-0.25, -0.2) is 9.31 Å². The molecular weight excluding hydrogens is 294 g/mol. The predicted molar refractivity (Wildman–Crippen MR) is 85.7 cm³/mol. The first-order valence-electron chi connectivity index (χ1n) is 6.98. The molecule has 0 radical (unpaired) electrons. The van der Waals surface area contributed by atoms with Crippen molar-refractivity contribution in [2.45, 2.75) is 0 Å². The fraction of sp³-hybridized carbons (Fsp3) is 0. The van der Waals surface area contributed by atoms with Crippen LogP contribution in [-0.2, 0) is 0 Å². The van der Waals surface area contributed by atoms with Gasteiger partial charge in [-0.3, -0.25) is 4.79 Å². The van der Waals surface area contributed by atoms with Gasteiger partial charge in [0.15, 0.2) is 0 Å². The van der Waals surface area contributed by atoms with Crippen molar-refractivity contribution in [1.82, 2.24) is 14.6 Å². The molecule has 0 aliphatic rings. The van der Waals surface area contributed by atoms with Gasteiger partial charge >= 0.3 is 5.97 Å². The minimum atomic E-state index is -1.05. The number of fused-ring (bicyclic) bond motifs is 3. The summed E-state index contributed by atoms with van der Waals surface area (Å²) in [5, 5.41) is 14.1. The van der Waals surface area contributed by atoms with Crippen molar-refractivity contribution >= 4 is 22.5 Å². The van der Waals surface area contributed by atoms with E-state index in [4.69, 9.17) is 5.11 Å². The third-order valence-corrected chi connectivity index (χ3v) is 3.74. The second kappa shape index (κ2) is 4.81. The molecule has 4 rings (SSSR count). The normalized spacial score (nSPS) is 11.1. The molecule has 2 N–H and O–H groups in total. The van der Waals surface area contributed by atoms with Gasteiger partial charge < -0.3 is 10.1 Å². The number of aromatic nitrogens is 3. The van der Waals surface area contributed by atoms with E-state index in [2.05, 4.69) is 10.1 Å². The van der Waals surface area contributed by atoms with Crippen molar-refractivity contribution in [2.75, 3.05) is 0 Å². The van der Waals surface area contributed by atoms with Crippen LogP contribution in [0.5, 0.6) is 0 Å². The molecule has 6 heteroatoms. The number of benzene rings is 2. The molecule has 4 aromatic rings. The lowest BCUT2D eigenvalue weighted by Crippen LogP contribution is -2.10. The quantitative estimate of drug-likeness (QED) is 0.596. The Labute approximate surface area is 129 Å². The van der Waals surface area contributed by atoms with E-state index in [1.54, 1.807) is 10.6 Å². The van der Waals surface area contributed by atoms with Crippen LogP contribution >= 0.6 is 0 Å². The molecule has 6 nitrogen and oxygen atoms in total. The number of carbonyl (C=O) groups is 1. The number of nitrogens with zero attached hydrogens (tertiary/aromatic N) is 2. The molecule has 0 fully saturated rings. The summed E-state index contributed by atoms with van der Waals surface area (Å²) < 4.78 is 1.56. The Morgan fingerprint density at radius 3 is 2.61 bits per heavy atom. The van der Waals surface area contributed by atoms with E-state index >= 15 is 0 Å². The zero-order chi connectivity index (χ0) is 16.0. The van der Waals surface area contributed by atoms with E-state index < -0.39 is 5.97 Å². The topological polar surface area (TPSA) is 87.5 Å². The van der Waals surface area contributed by atoms with Gasteiger partial charge in [0.25, 0.3) is 5.56 Å². The highest BCUT2D eigenvalue weighted by molar-refractivity contribution is 5.93. The van der Waals surface area contributed by atoms with Crippen LogP contribution in [0.2, 0.25) is 0 Å². The lowest BCUT2D eigenvalue weighted by Gasteiger charge is -2.02. The Morgan fingerprint density at radius 2 is 1.87 bits per heavy atom. The SMILES string of the molecule is O=C(O)c1ccc2c(=O)[nH]c3cc(-c4ccccc4)nn3c2c1. The second-order valence-electron chi connectivity index (χ2n) is 5.18. The van der Waals surface area contributed by atoms with Crippen molar-refractivity contribution in [3.8, 4) is 11.3 Å². The van der Waals surface area contributed by atoms with E-state index in [0.29, 0.717) is 22.2 Å². The first-order chi connectivity index (χ1) is 11.1. The zero-order valence-corrected chi connectivity index (χ0v) is 11.9. The van der Waals surface area contributed by atoms with Crippen LogP contribution in [-0.4, -0.2) is 25.7 Å². The van der Waals surface area contributed by atoms with Gasteiger partial charge in [0.2, 0.25) is 0 Å². The first-order valence-corrected chi connectivity index (χ1v) is 6.98. The Kier molecular flexibility index (Phi) is 2.77. The highest BCUT2D eigenvalue weighted by atomic mass is 16.4. The fourth-order valence-electron chi connectivity index (χ4n) is 2.62. The molecule has 0 saturated carbocycles. The van der Waals surface area contributed by atoms with Gasteiger partial charge in [0, 0.05) is 11.6 Å². The number of rotatable bonds is 2. The summed E-state index contributed by atoms with van der Waals surface area (Å²) in [6, 6.07) is 15.7. The third kappa shape index (κ3) is 2.08. The van der Waals surface area contributed by atoms with E-state index in [0.717, 1.165) is 5.56 Å². The van der Waals surface area contributed by atoms with Crippen molar-refractivity contribution in [1.29, 1.82) is 0 Å². The highest BCUT2D eigenvalue weighted by Gasteiger charge is 2.12. The number of aromatic amines is 1. The Hall–Kier alpha value is -3.41. The van der Waals surface area contributed by atoms with E-state index in [1.165, 1.54) is 18.2 Å². The molecule has 0 aliphatic carbocycles. The molecule has 112 valence electrons. The average molecular weight is 305 g/mol. The zero-order valence-electron chi connectivity index (χ0n) is 11.9. The summed E-state index contributed by atoms with van der Waals surface area (Å²) in [6.45, 7) is 0. The number of H-pyrrole nitrogens is 1. The molecule has 0 unspecified atom stereocenters. The Balaban J connectivity index is 2.07. The van der Waals surface area contributed by atoms with E-state index in [-0.39, 0.29) is 11.1 Å². The molecular formula is C17H11N3O3. The number of carboxylic acids is 1. The van der Waals surface area contributed by atoms with Gasteiger partial charge in [-0.15, -0.1) is 0 Å². The predicted octanol–water partition coefficient (Wildman–Crippen LogP) is 2.54. The maximum absolute atomic E-state index is 12.2. The lowest BCUT2D eigenvalue weighted by molar-refractivity contribution is 0.0697. The standard InChI is InChI=1S/C17H11N3O3/c21-16-12-7-6-11(17(22)23)8-14(12)20-15(18-16)9-13(19-20)10-4-2-1-3-5-10/h1-9H,(H,18,21)(H,22,23). The number of aromatic carboxylic acids is 1. The van der Waals surface area contributed by atoms with Gasteiger partial charge in [-0.1, -0.05) is 30.3 Å². The summed E-state index contributed by atoms with van der Waals surface area (Å²) in [4.78, 5) is 26.1. The Morgan fingerprint density at radius 1 is 1.09 bits per heavy atom. The molecule has 23 heavy (non-hydrogen) atoms. The Bertz CT molecular complexity index is 1110. The van der Waals surface area contributed by atoms with Crippen LogP contribution in [0.1, 0.15) is 10.4 Å². The molecule has 0 atom stereocenters. The van der Waals surface area contributed by atoms with Gasteiger partial charge in [-0.2, -0.15) is 5.10 Å². The molecule has 0 bridgehead atoms. The summed E-state index contributed by atoms with van der Waals surface area (Å²) in [5.74, 6) is -1.05. The van der Waals surface area contributed by atoms with Crippen LogP contribution in [0, 0.1) is 0 Å². The fourth-order valence-corrected chi connectivity index (χ4v) is 2.62. The van der Waals surface area contributed by atoms with Crippen molar-refractivity contribution in [3.05, 3.63) is 70.5 Å². The largest absolute Gasteiger partial charge is 0.478 e. The number of hydrogen-bond acceptors (Lipinski definition) is 3. The summed E-state index contributed by atoms with van der Waals surface area (Å²) in [7, 11) is 0. The minimum Gasteiger partial charge on any atom is -0.478 e. The molecule has 0 amide bonds. The number of hydrogen-bond donors (Lipinski definition) is 2. The van der Waals surface area contributed by atoms with Crippen LogP contribution in [0.25, 0.3) is 27.8 Å². The average Bonchev–Trinajstić information content (AvgIpc) is 2.99. The molecule has 2 heterocycles. The molecule has 2 aromatic carbocycles. The van der Waals surface area contributed by atoms with Crippen molar-refractivity contribution in [3.63, 3.8) is 0 Å². The van der Waals surface area contributed by atoms with Gasteiger partial charge in [0.1, 0.15) is 5.65 Å². The summed E-state index contributed by atoms with van der Waals surface area (Å²) >= 11 is 0. The maximum Gasteiger partial charge on any atom is 0.335 e. The third-order valence-electron chi connectivity index (χ3n) is 3.74. The van der Waals surface area contributed by atoms with Gasteiger partial charge in [0.05, 0.1) is 22.2 Å². The molecule has 0 spiro atoms. The number of nitrogens with one attached hydrogen (secondary N) is 1. The van der Waals surface area contributed by atoms with E-state index in [9.17, 15) is 9.59 Å². The van der Waals surface area contributed by atoms with Crippen molar-refractivity contribution < 1.29 is 9.90 Å². The van der Waals surface area contributed by atoms with Crippen LogP contribution in [0.4, 0.5) is 0 Å². The van der Waals surface area contributed by atoms with Gasteiger partial charge in [-0.05, 0) is 18.2 Å². The monoisotopic (exact) mass is 305 g/mol. The smallest absolute Gasteiger partial charge is 0.335 e. The highest BCUT2D eigenvalue weighted by Crippen LogP contribution is 2.21. The second-order valence-corrected chi connectivity index (χ2v) is 5.18. The maximum atomic E-state index is 12.2. The van der Waals surface area contributed by atoms with Crippen molar-refractivity contribution in [2.24, 2.45) is 0 Å². The molecule has 0 aliphatic heterocycles. The molecule has 0 saturated heterocycles. The lowest BCUT2D eigenvalue weighted by atomic mass is 10.1. The summed E-state index contributed by atoms with van der Waals surface area (Å²) in [5.41, 5.74) is 2.44. The van der Waals surface area contributed by atoms with Crippen LogP contribution in [0.3, 0.4) is 0 Å². The molecule has 2 aromatic heterocycles. The van der Waals surface area contributed by atoms with E-state index in [1.807, 2.05) is 30.3 Å². The first kappa shape index (κ1) is 13.3. The summed E-state index contributed by atoms with van der Waals surface area (Å²) in [6.07, 6.45) is 0. The number of carboxylic acid groups (broad SMARTS) is 1.